The molecule has 0 radical (unpaired) electrons. The summed E-state index contributed by atoms with van der Waals surface area (Å²) in [4.78, 5) is 24.6. The molecule has 0 aliphatic heterocycles. The lowest BCUT2D eigenvalue weighted by molar-refractivity contribution is -0.135. The lowest BCUT2D eigenvalue weighted by Crippen LogP contribution is -2.42. The lowest BCUT2D eigenvalue weighted by Gasteiger charge is -2.20. The summed E-state index contributed by atoms with van der Waals surface area (Å²) in [5, 5.41) is 2.83. The Balaban J connectivity index is 2.53. The maximum atomic E-state index is 11.7. The van der Waals surface area contributed by atoms with Gasteiger partial charge in [0.1, 0.15) is 5.76 Å². The van der Waals surface area contributed by atoms with Crippen molar-refractivity contribution in [2.24, 2.45) is 0 Å². The van der Waals surface area contributed by atoms with Crippen LogP contribution in [0.4, 0.5) is 0 Å². The number of hydrogen-bond acceptors (Lipinski definition) is 3. The second-order valence-electron chi connectivity index (χ2n) is 4.33. The maximum Gasteiger partial charge on any atom is 0.239 e. The molecular weight excluding hydrogens is 232 g/mol. The molecule has 1 atom stereocenters. The topological polar surface area (TPSA) is 62.6 Å². The first-order valence-corrected chi connectivity index (χ1v) is 6.10. The molecule has 100 valence electrons. The molecule has 0 saturated carbocycles. The zero-order valence-electron chi connectivity index (χ0n) is 11.1. The van der Waals surface area contributed by atoms with Gasteiger partial charge < -0.3 is 14.6 Å². The predicted molar refractivity (Wildman–Crippen MR) is 67.7 cm³/mol. The zero-order valence-corrected chi connectivity index (χ0v) is 11.1. The first-order chi connectivity index (χ1) is 8.52. The second-order valence-corrected chi connectivity index (χ2v) is 4.33. The van der Waals surface area contributed by atoms with Crippen molar-refractivity contribution in [3.63, 3.8) is 0 Å². The molecule has 1 aromatic heterocycles. The van der Waals surface area contributed by atoms with Crippen molar-refractivity contribution in [2.75, 3.05) is 6.54 Å². The fourth-order valence-electron chi connectivity index (χ4n) is 1.47. The standard InChI is InChI=1S/C13H20N2O3/c1-4-10(2)14-13(17)9-15(11(3)16)8-12-6-5-7-18-12/h5-7,10H,4,8-9H2,1-3H3,(H,14,17). The summed E-state index contributed by atoms with van der Waals surface area (Å²) < 4.78 is 5.17. The summed E-state index contributed by atoms with van der Waals surface area (Å²) in [6, 6.07) is 3.66. The van der Waals surface area contributed by atoms with Crippen molar-refractivity contribution in [3.8, 4) is 0 Å². The second kappa shape index (κ2) is 6.83. The van der Waals surface area contributed by atoms with E-state index < -0.39 is 0 Å². The molecule has 0 bridgehead atoms. The fourth-order valence-corrected chi connectivity index (χ4v) is 1.47. The van der Waals surface area contributed by atoms with Crippen LogP contribution in [-0.4, -0.2) is 29.3 Å². The molecule has 0 spiro atoms. The van der Waals surface area contributed by atoms with Crippen molar-refractivity contribution in [1.29, 1.82) is 0 Å². The van der Waals surface area contributed by atoms with E-state index in [0.29, 0.717) is 12.3 Å². The first-order valence-electron chi connectivity index (χ1n) is 6.10. The molecule has 1 N–H and O–H groups in total. The highest BCUT2D eigenvalue weighted by molar-refractivity contribution is 5.83. The van der Waals surface area contributed by atoms with Gasteiger partial charge in [-0.25, -0.2) is 0 Å². The number of carbonyl (C=O) groups is 2. The molecule has 0 fully saturated rings. The molecule has 1 rings (SSSR count). The highest BCUT2D eigenvalue weighted by atomic mass is 16.3. The van der Waals surface area contributed by atoms with E-state index in [2.05, 4.69) is 5.32 Å². The van der Waals surface area contributed by atoms with E-state index in [0.717, 1.165) is 6.42 Å². The number of furan rings is 1. The van der Waals surface area contributed by atoms with Crippen LogP contribution in [0.5, 0.6) is 0 Å². The van der Waals surface area contributed by atoms with Gasteiger partial charge in [0.15, 0.2) is 0 Å². The van der Waals surface area contributed by atoms with Crippen molar-refractivity contribution >= 4 is 11.8 Å². The van der Waals surface area contributed by atoms with Gasteiger partial charge in [-0.05, 0) is 25.5 Å². The monoisotopic (exact) mass is 252 g/mol. The minimum atomic E-state index is -0.147. The van der Waals surface area contributed by atoms with Gasteiger partial charge in [-0.15, -0.1) is 0 Å². The van der Waals surface area contributed by atoms with Crippen LogP contribution in [0.3, 0.4) is 0 Å². The Kier molecular flexibility index (Phi) is 5.42. The number of rotatable bonds is 6. The van der Waals surface area contributed by atoms with Crippen LogP contribution < -0.4 is 5.32 Å². The molecule has 1 unspecified atom stereocenters. The number of hydrogen-bond donors (Lipinski definition) is 1. The molecule has 1 heterocycles. The molecule has 5 nitrogen and oxygen atoms in total. The minimum absolute atomic E-state index is 0.0559. The van der Waals surface area contributed by atoms with Crippen LogP contribution >= 0.6 is 0 Å². The molecule has 0 aliphatic carbocycles. The van der Waals surface area contributed by atoms with E-state index in [4.69, 9.17) is 4.42 Å². The quantitative estimate of drug-likeness (QED) is 0.835. The van der Waals surface area contributed by atoms with Gasteiger partial charge >= 0.3 is 0 Å². The van der Waals surface area contributed by atoms with Gasteiger partial charge in [0.25, 0.3) is 0 Å². The third-order valence-corrected chi connectivity index (χ3v) is 2.73. The molecule has 2 amide bonds. The zero-order chi connectivity index (χ0) is 13.5. The van der Waals surface area contributed by atoms with Gasteiger partial charge in [-0.2, -0.15) is 0 Å². The van der Waals surface area contributed by atoms with Crippen LogP contribution in [0.15, 0.2) is 22.8 Å². The van der Waals surface area contributed by atoms with Gasteiger partial charge in [0, 0.05) is 13.0 Å². The third-order valence-electron chi connectivity index (χ3n) is 2.73. The average Bonchev–Trinajstić information content (AvgIpc) is 2.80. The molecule has 0 aromatic carbocycles. The normalized spacial score (nSPS) is 11.9. The van der Waals surface area contributed by atoms with Gasteiger partial charge in [-0.1, -0.05) is 6.92 Å². The van der Waals surface area contributed by atoms with E-state index >= 15 is 0 Å². The minimum Gasteiger partial charge on any atom is -0.467 e. The SMILES string of the molecule is CCC(C)NC(=O)CN(Cc1ccco1)C(C)=O. The van der Waals surface area contributed by atoms with Crippen LogP contribution in [-0.2, 0) is 16.1 Å². The summed E-state index contributed by atoms with van der Waals surface area (Å²) in [6.45, 7) is 5.75. The molecule has 18 heavy (non-hydrogen) atoms. The fraction of sp³-hybridized carbons (Fsp3) is 0.538. The summed E-state index contributed by atoms with van der Waals surface area (Å²) in [5.41, 5.74) is 0. The summed E-state index contributed by atoms with van der Waals surface area (Å²) in [5.74, 6) is 0.373. The molecule has 0 aliphatic rings. The van der Waals surface area contributed by atoms with E-state index in [9.17, 15) is 9.59 Å². The Morgan fingerprint density at radius 3 is 2.72 bits per heavy atom. The number of amides is 2. The van der Waals surface area contributed by atoms with Gasteiger partial charge in [-0.3, -0.25) is 9.59 Å². The number of nitrogens with one attached hydrogen (secondary N) is 1. The van der Waals surface area contributed by atoms with Crippen molar-refractivity contribution in [2.45, 2.75) is 39.8 Å². The molecule has 1 aromatic rings. The van der Waals surface area contributed by atoms with Crippen molar-refractivity contribution in [1.82, 2.24) is 10.2 Å². The molecular formula is C13H20N2O3. The van der Waals surface area contributed by atoms with E-state index in [1.807, 2.05) is 13.8 Å². The van der Waals surface area contributed by atoms with Crippen LogP contribution in [0, 0.1) is 0 Å². The largest absolute Gasteiger partial charge is 0.467 e. The Morgan fingerprint density at radius 2 is 2.22 bits per heavy atom. The van der Waals surface area contributed by atoms with Crippen LogP contribution in [0.25, 0.3) is 0 Å². The Bertz CT molecular complexity index is 387. The van der Waals surface area contributed by atoms with E-state index in [1.165, 1.54) is 11.8 Å². The van der Waals surface area contributed by atoms with Crippen molar-refractivity contribution < 1.29 is 14.0 Å². The highest BCUT2D eigenvalue weighted by Gasteiger charge is 2.16. The highest BCUT2D eigenvalue weighted by Crippen LogP contribution is 2.05. The number of carbonyl (C=O) groups excluding carboxylic acids is 2. The van der Waals surface area contributed by atoms with Gasteiger partial charge in [0.2, 0.25) is 11.8 Å². The van der Waals surface area contributed by atoms with E-state index in [1.54, 1.807) is 18.4 Å². The van der Waals surface area contributed by atoms with Crippen molar-refractivity contribution in [3.05, 3.63) is 24.2 Å². The summed E-state index contributed by atoms with van der Waals surface area (Å²) >= 11 is 0. The number of nitrogens with zero attached hydrogens (tertiary/aromatic N) is 1. The van der Waals surface area contributed by atoms with Gasteiger partial charge in [0.05, 0.1) is 19.4 Å². The van der Waals surface area contributed by atoms with Crippen LogP contribution in [0.2, 0.25) is 0 Å². The Morgan fingerprint density at radius 1 is 1.50 bits per heavy atom. The first kappa shape index (κ1) is 14.3. The lowest BCUT2D eigenvalue weighted by atomic mass is 10.2. The van der Waals surface area contributed by atoms with Crippen LogP contribution in [0.1, 0.15) is 33.0 Å². The Labute approximate surface area is 107 Å². The summed E-state index contributed by atoms with van der Waals surface area (Å²) in [7, 11) is 0. The third kappa shape index (κ3) is 4.61. The Hall–Kier alpha value is -1.78. The maximum absolute atomic E-state index is 11.7. The summed E-state index contributed by atoms with van der Waals surface area (Å²) in [6.07, 6.45) is 2.41. The average molecular weight is 252 g/mol. The predicted octanol–water partition coefficient (Wildman–Crippen LogP) is 1.54. The molecule has 0 saturated heterocycles. The van der Waals surface area contributed by atoms with E-state index in [-0.39, 0.29) is 24.4 Å². The molecule has 5 heteroatoms. The smallest absolute Gasteiger partial charge is 0.239 e.